The summed E-state index contributed by atoms with van der Waals surface area (Å²) in [5.41, 5.74) is 0.829. The van der Waals surface area contributed by atoms with Crippen LogP contribution in [-0.2, 0) is 4.79 Å². The van der Waals surface area contributed by atoms with E-state index >= 15 is 0 Å². The van der Waals surface area contributed by atoms with Crippen LogP contribution < -0.4 is 0 Å². The topological polar surface area (TPSA) is 17.1 Å². The first-order valence-electron chi connectivity index (χ1n) is 4.49. The third-order valence-corrected chi connectivity index (χ3v) is 1.81. The van der Waals surface area contributed by atoms with Crippen molar-refractivity contribution in [3.05, 3.63) is 24.3 Å². The van der Waals surface area contributed by atoms with E-state index in [0.29, 0.717) is 5.92 Å². The third kappa shape index (κ3) is 4.89. The lowest BCUT2D eigenvalue weighted by molar-refractivity contribution is -0.104. The largest absolute Gasteiger partial charge is 0.298 e. The highest BCUT2D eigenvalue weighted by Crippen LogP contribution is 2.14. The third-order valence-electron chi connectivity index (χ3n) is 1.81. The van der Waals surface area contributed by atoms with Crippen LogP contribution in [0.3, 0.4) is 0 Å². The first kappa shape index (κ1) is 11.2. The maximum atomic E-state index is 10.4. The predicted octanol–water partition coefficient (Wildman–Crippen LogP) is 3.12. The lowest BCUT2D eigenvalue weighted by Crippen LogP contribution is -1.95. The summed E-state index contributed by atoms with van der Waals surface area (Å²) >= 11 is 0. The number of carbonyl (C=O) groups excluding carboxylic acids is 1. The Kier molecular flexibility index (Phi) is 6.35. The number of allylic oxidation sites excluding steroid dienone is 3. The molecule has 0 saturated heterocycles. The van der Waals surface area contributed by atoms with E-state index in [0.717, 1.165) is 31.1 Å². The van der Waals surface area contributed by atoms with Gasteiger partial charge in [0.05, 0.1) is 0 Å². The summed E-state index contributed by atoms with van der Waals surface area (Å²) in [6.45, 7) is 7.70. The highest BCUT2D eigenvalue weighted by Gasteiger charge is 2.01. The minimum atomic E-state index is 0.498. The zero-order valence-electron chi connectivity index (χ0n) is 8.05. The van der Waals surface area contributed by atoms with Crippen molar-refractivity contribution < 1.29 is 4.79 Å². The molecule has 68 valence electrons. The Morgan fingerprint density at radius 2 is 2.25 bits per heavy atom. The Labute approximate surface area is 75.2 Å². The molecule has 0 aromatic rings. The van der Waals surface area contributed by atoms with E-state index in [-0.39, 0.29) is 0 Å². The van der Waals surface area contributed by atoms with Crippen molar-refractivity contribution in [2.75, 3.05) is 0 Å². The van der Waals surface area contributed by atoms with Crippen molar-refractivity contribution in [2.45, 2.75) is 33.1 Å². The quantitative estimate of drug-likeness (QED) is 0.336. The number of aldehydes is 1. The van der Waals surface area contributed by atoms with E-state index in [9.17, 15) is 4.79 Å². The molecule has 1 unspecified atom stereocenters. The number of rotatable bonds is 6. The monoisotopic (exact) mass is 166 g/mol. The van der Waals surface area contributed by atoms with Crippen molar-refractivity contribution >= 4 is 6.29 Å². The van der Waals surface area contributed by atoms with Crippen molar-refractivity contribution in [3.8, 4) is 0 Å². The van der Waals surface area contributed by atoms with Gasteiger partial charge in [-0.3, -0.25) is 4.79 Å². The van der Waals surface area contributed by atoms with Gasteiger partial charge in [0.2, 0.25) is 0 Å². The molecule has 0 spiro atoms. The first-order valence-corrected chi connectivity index (χ1v) is 4.49. The molecule has 0 aliphatic heterocycles. The molecule has 0 heterocycles. The van der Waals surface area contributed by atoms with Crippen molar-refractivity contribution in [3.63, 3.8) is 0 Å². The molecule has 0 aliphatic carbocycles. The second-order valence-electron chi connectivity index (χ2n) is 3.10. The highest BCUT2D eigenvalue weighted by atomic mass is 16.1. The fourth-order valence-corrected chi connectivity index (χ4v) is 1.27. The highest BCUT2D eigenvalue weighted by molar-refractivity contribution is 5.72. The van der Waals surface area contributed by atoms with Crippen LogP contribution in [0.5, 0.6) is 0 Å². The molecule has 0 amide bonds. The Hall–Kier alpha value is -0.850. The van der Waals surface area contributed by atoms with Gasteiger partial charge < -0.3 is 0 Å². The maximum absolute atomic E-state index is 10.4. The van der Waals surface area contributed by atoms with E-state index in [4.69, 9.17) is 0 Å². The molecule has 12 heavy (non-hydrogen) atoms. The van der Waals surface area contributed by atoms with Gasteiger partial charge in [-0.05, 0) is 31.3 Å². The second kappa shape index (κ2) is 6.84. The number of carbonyl (C=O) groups is 1. The summed E-state index contributed by atoms with van der Waals surface area (Å²) in [7, 11) is 0. The molecule has 0 radical (unpaired) electrons. The Morgan fingerprint density at radius 1 is 1.58 bits per heavy atom. The molecule has 0 aromatic heterocycles. The molecular formula is C11H18O. The maximum Gasteiger partial charge on any atom is 0.145 e. The summed E-state index contributed by atoms with van der Waals surface area (Å²) in [5.74, 6) is 0.498. The van der Waals surface area contributed by atoms with Crippen LogP contribution in [0.25, 0.3) is 0 Å². The second-order valence-corrected chi connectivity index (χ2v) is 3.10. The van der Waals surface area contributed by atoms with E-state index in [1.165, 1.54) is 0 Å². The van der Waals surface area contributed by atoms with Crippen LogP contribution in [0.2, 0.25) is 0 Å². The summed E-state index contributed by atoms with van der Waals surface area (Å²) in [4.78, 5) is 10.4. The molecule has 0 rings (SSSR count). The van der Waals surface area contributed by atoms with Crippen LogP contribution in [0.4, 0.5) is 0 Å². The average molecular weight is 166 g/mol. The summed E-state index contributed by atoms with van der Waals surface area (Å²) < 4.78 is 0. The molecule has 1 heteroatoms. The van der Waals surface area contributed by atoms with E-state index in [1.54, 1.807) is 0 Å². The zero-order chi connectivity index (χ0) is 9.40. The van der Waals surface area contributed by atoms with Gasteiger partial charge in [0, 0.05) is 0 Å². The Balaban J connectivity index is 4.09. The molecule has 0 aromatic carbocycles. The van der Waals surface area contributed by atoms with Gasteiger partial charge >= 0.3 is 0 Å². The van der Waals surface area contributed by atoms with Gasteiger partial charge in [-0.25, -0.2) is 0 Å². The molecule has 0 fully saturated rings. The van der Waals surface area contributed by atoms with Gasteiger partial charge in [0.1, 0.15) is 6.29 Å². The minimum absolute atomic E-state index is 0.498. The molecule has 0 aliphatic rings. The lowest BCUT2D eigenvalue weighted by Gasteiger charge is -2.08. The number of hydrogen-bond donors (Lipinski definition) is 0. The number of hydrogen-bond acceptors (Lipinski definition) is 1. The first-order chi connectivity index (χ1) is 5.74. The van der Waals surface area contributed by atoms with E-state index in [1.807, 2.05) is 19.1 Å². The van der Waals surface area contributed by atoms with Crippen molar-refractivity contribution in [2.24, 2.45) is 5.92 Å². The normalized spacial score (nSPS) is 14.0. The smallest absolute Gasteiger partial charge is 0.145 e. The molecule has 1 nitrogen and oxygen atoms in total. The van der Waals surface area contributed by atoms with Gasteiger partial charge in [0.25, 0.3) is 0 Å². The lowest BCUT2D eigenvalue weighted by atomic mass is 9.97. The predicted molar refractivity (Wildman–Crippen MR) is 53.0 cm³/mol. The summed E-state index contributed by atoms with van der Waals surface area (Å²) in [6.07, 6.45) is 8.12. The van der Waals surface area contributed by atoms with Crippen molar-refractivity contribution in [1.29, 1.82) is 0 Å². The Bertz CT molecular complexity index is 168. The molecule has 1 atom stereocenters. The van der Waals surface area contributed by atoms with Gasteiger partial charge in [-0.2, -0.15) is 0 Å². The van der Waals surface area contributed by atoms with Gasteiger partial charge in [-0.15, -0.1) is 6.58 Å². The SMILES string of the molecule is C=CCC(/C=C(\C)C=O)CCC. The fourth-order valence-electron chi connectivity index (χ4n) is 1.27. The summed E-state index contributed by atoms with van der Waals surface area (Å²) in [6, 6.07) is 0. The molecule has 0 N–H and O–H groups in total. The van der Waals surface area contributed by atoms with E-state index in [2.05, 4.69) is 13.5 Å². The van der Waals surface area contributed by atoms with Crippen LogP contribution >= 0.6 is 0 Å². The summed E-state index contributed by atoms with van der Waals surface area (Å²) in [5, 5.41) is 0. The van der Waals surface area contributed by atoms with E-state index < -0.39 is 0 Å². The standard InChI is InChI=1S/C11H18O/c1-4-6-11(7-5-2)8-10(3)9-12/h4,8-9,11H,1,5-7H2,2-3H3/b10-8+. The fraction of sp³-hybridized carbons (Fsp3) is 0.545. The van der Waals surface area contributed by atoms with Crippen LogP contribution in [-0.4, -0.2) is 6.29 Å². The van der Waals surface area contributed by atoms with Crippen LogP contribution in [0.1, 0.15) is 33.1 Å². The van der Waals surface area contributed by atoms with Crippen LogP contribution in [0, 0.1) is 5.92 Å². The average Bonchev–Trinajstić information content (AvgIpc) is 2.05. The van der Waals surface area contributed by atoms with Gasteiger partial charge in [-0.1, -0.05) is 25.5 Å². The zero-order valence-corrected chi connectivity index (χ0v) is 8.05. The van der Waals surface area contributed by atoms with Crippen molar-refractivity contribution in [1.82, 2.24) is 0 Å². The van der Waals surface area contributed by atoms with Crippen LogP contribution in [0.15, 0.2) is 24.3 Å². The minimum Gasteiger partial charge on any atom is -0.298 e. The Morgan fingerprint density at radius 3 is 2.67 bits per heavy atom. The molecular weight excluding hydrogens is 148 g/mol. The van der Waals surface area contributed by atoms with Gasteiger partial charge in [0.15, 0.2) is 0 Å². The molecule has 0 saturated carbocycles. The molecule has 0 bridgehead atoms.